The highest BCUT2D eigenvalue weighted by Gasteiger charge is 2.40. The third-order valence-corrected chi connectivity index (χ3v) is 7.12. The average molecular weight is 454 g/mol. The lowest BCUT2D eigenvalue weighted by atomic mass is 9.94. The SMILES string of the molecule is CCc1c(C2CC2COc2nc(C)ncc2-c2ccc(=O)n(CC)c2C)ccc2ccccc12. The minimum atomic E-state index is 0.00202. The number of nitrogens with zero attached hydrogens (tertiary/aromatic N) is 3. The Morgan fingerprint density at radius 3 is 2.65 bits per heavy atom. The summed E-state index contributed by atoms with van der Waals surface area (Å²) in [5.74, 6) is 2.27. The van der Waals surface area contributed by atoms with Gasteiger partial charge in [0.1, 0.15) is 5.82 Å². The highest BCUT2D eigenvalue weighted by molar-refractivity contribution is 5.87. The second-order valence-corrected chi connectivity index (χ2v) is 9.17. The molecule has 0 saturated heterocycles. The van der Waals surface area contributed by atoms with Crippen LogP contribution in [0.4, 0.5) is 0 Å². The van der Waals surface area contributed by atoms with Gasteiger partial charge in [-0.25, -0.2) is 4.98 Å². The summed E-state index contributed by atoms with van der Waals surface area (Å²) >= 11 is 0. The van der Waals surface area contributed by atoms with Crippen LogP contribution in [0.15, 0.2) is 59.5 Å². The van der Waals surface area contributed by atoms with Crippen molar-refractivity contribution in [3.8, 4) is 17.0 Å². The van der Waals surface area contributed by atoms with Crippen LogP contribution in [0.1, 0.15) is 48.8 Å². The van der Waals surface area contributed by atoms with Crippen LogP contribution < -0.4 is 10.3 Å². The zero-order chi connectivity index (χ0) is 23.8. The Balaban J connectivity index is 1.39. The molecule has 1 aliphatic rings. The Morgan fingerprint density at radius 2 is 1.85 bits per heavy atom. The summed E-state index contributed by atoms with van der Waals surface area (Å²) in [4.78, 5) is 21.3. The van der Waals surface area contributed by atoms with E-state index in [4.69, 9.17) is 4.74 Å². The fourth-order valence-electron chi connectivity index (χ4n) is 5.19. The van der Waals surface area contributed by atoms with Crippen LogP contribution in [-0.4, -0.2) is 21.1 Å². The van der Waals surface area contributed by atoms with Gasteiger partial charge >= 0.3 is 0 Å². The van der Waals surface area contributed by atoms with Crippen LogP contribution in [0.5, 0.6) is 5.88 Å². The van der Waals surface area contributed by atoms with Gasteiger partial charge in [-0.3, -0.25) is 4.79 Å². The summed E-state index contributed by atoms with van der Waals surface area (Å²) in [5.41, 5.74) is 5.60. The van der Waals surface area contributed by atoms with E-state index in [-0.39, 0.29) is 5.56 Å². The van der Waals surface area contributed by atoms with Gasteiger partial charge in [-0.05, 0) is 67.5 Å². The van der Waals surface area contributed by atoms with E-state index in [0.717, 1.165) is 29.7 Å². The Hall–Kier alpha value is -3.47. The van der Waals surface area contributed by atoms with Crippen molar-refractivity contribution in [2.24, 2.45) is 5.92 Å². The van der Waals surface area contributed by atoms with Crippen LogP contribution in [0.2, 0.25) is 0 Å². The van der Waals surface area contributed by atoms with Gasteiger partial charge in [-0.1, -0.05) is 43.3 Å². The molecule has 2 aromatic heterocycles. The molecule has 0 radical (unpaired) electrons. The van der Waals surface area contributed by atoms with Crippen LogP contribution in [0.25, 0.3) is 21.9 Å². The maximum absolute atomic E-state index is 12.2. The topological polar surface area (TPSA) is 57.0 Å². The van der Waals surface area contributed by atoms with Crippen molar-refractivity contribution in [2.75, 3.05) is 6.61 Å². The molecule has 2 heterocycles. The van der Waals surface area contributed by atoms with Gasteiger partial charge in [-0.15, -0.1) is 0 Å². The first-order valence-corrected chi connectivity index (χ1v) is 12.2. The lowest BCUT2D eigenvalue weighted by Gasteiger charge is -2.16. The minimum Gasteiger partial charge on any atom is -0.477 e. The molecular weight excluding hydrogens is 422 g/mol. The van der Waals surface area contributed by atoms with Crippen molar-refractivity contribution in [2.45, 2.75) is 53.0 Å². The maximum Gasteiger partial charge on any atom is 0.250 e. The standard InChI is InChI=1S/C29H31N3O2/c1-5-22-24-10-8-7-9-20(24)11-12-25(22)26-15-21(26)17-34-29-27(16-30-19(4)31-29)23-13-14-28(33)32(6-2)18(23)3/h7-14,16,21,26H,5-6,15,17H2,1-4H3. The van der Waals surface area contributed by atoms with Crippen LogP contribution in [0.3, 0.4) is 0 Å². The molecule has 1 aliphatic carbocycles. The number of pyridine rings is 1. The summed E-state index contributed by atoms with van der Waals surface area (Å²) in [6.07, 6.45) is 3.97. The van der Waals surface area contributed by atoms with Gasteiger partial charge in [0.05, 0.1) is 12.2 Å². The van der Waals surface area contributed by atoms with E-state index >= 15 is 0 Å². The fraction of sp³-hybridized carbons (Fsp3) is 0.345. The molecule has 5 rings (SSSR count). The van der Waals surface area contributed by atoms with Gasteiger partial charge < -0.3 is 9.30 Å². The van der Waals surface area contributed by atoms with Crippen LogP contribution in [0, 0.1) is 19.8 Å². The first-order valence-electron chi connectivity index (χ1n) is 12.2. The summed E-state index contributed by atoms with van der Waals surface area (Å²) in [6.45, 7) is 9.30. The van der Waals surface area contributed by atoms with Gasteiger partial charge in [-0.2, -0.15) is 4.98 Å². The van der Waals surface area contributed by atoms with E-state index in [1.54, 1.807) is 10.6 Å². The maximum atomic E-state index is 12.2. The Morgan fingerprint density at radius 1 is 1.03 bits per heavy atom. The molecular formula is C29H31N3O2. The summed E-state index contributed by atoms with van der Waals surface area (Å²) in [6, 6.07) is 16.7. The molecule has 5 nitrogen and oxygen atoms in total. The Bertz CT molecular complexity index is 1420. The van der Waals surface area contributed by atoms with Crippen molar-refractivity contribution < 1.29 is 4.74 Å². The monoisotopic (exact) mass is 453 g/mol. The number of hydrogen-bond donors (Lipinski definition) is 0. The molecule has 2 aromatic carbocycles. The number of aryl methyl sites for hydroxylation is 2. The van der Waals surface area contributed by atoms with Gasteiger partial charge in [0.25, 0.3) is 5.56 Å². The molecule has 5 heteroatoms. The van der Waals surface area contributed by atoms with Crippen molar-refractivity contribution in [1.82, 2.24) is 14.5 Å². The summed E-state index contributed by atoms with van der Waals surface area (Å²) in [5, 5.41) is 2.67. The van der Waals surface area contributed by atoms with Crippen molar-refractivity contribution in [3.05, 3.63) is 87.7 Å². The number of aromatic nitrogens is 3. The number of ether oxygens (including phenoxy) is 1. The predicted octanol–water partition coefficient (Wildman–Crippen LogP) is 5.84. The first-order chi connectivity index (χ1) is 16.5. The number of rotatable bonds is 7. The Kier molecular flexibility index (Phi) is 5.94. The normalized spacial score (nSPS) is 17.2. The average Bonchev–Trinajstić information content (AvgIpc) is 3.62. The molecule has 1 fully saturated rings. The van der Waals surface area contributed by atoms with E-state index in [1.165, 1.54) is 21.9 Å². The molecule has 0 amide bonds. The third kappa shape index (κ3) is 4.00. The highest BCUT2D eigenvalue weighted by Crippen LogP contribution is 2.50. The van der Waals surface area contributed by atoms with Crippen molar-refractivity contribution >= 4 is 10.8 Å². The van der Waals surface area contributed by atoms with Gasteiger partial charge in [0.15, 0.2) is 0 Å². The lowest BCUT2D eigenvalue weighted by molar-refractivity contribution is 0.286. The molecule has 0 N–H and O–H groups in total. The van der Waals surface area contributed by atoms with Gasteiger partial charge in [0.2, 0.25) is 5.88 Å². The van der Waals surface area contributed by atoms with Crippen LogP contribution >= 0.6 is 0 Å². The Labute approximate surface area is 200 Å². The zero-order valence-corrected chi connectivity index (χ0v) is 20.3. The molecule has 1 saturated carbocycles. The van der Waals surface area contributed by atoms with E-state index in [2.05, 4.69) is 53.3 Å². The van der Waals surface area contributed by atoms with Crippen LogP contribution in [-0.2, 0) is 13.0 Å². The van der Waals surface area contributed by atoms with E-state index in [0.29, 0.717) is 36.7 Å². The number of fused-ring (bicyclic) bond motifs is 1. The fourth-order valence-corrected chi connectivity index (χ4v) is 5.19. The lowest BCUT2D eigenvalue weighted by Crippen LogP contribution is -2.21. The minimum absolute atomic E-state index is 0.00202. The largest absolute Gasteiger partial charge is 0.477 e. The smallest absolute Gasteiger partial charge is 0.250 e. The van der Waals surface area contributed by atoms with E-state index in [9.17, 15) is 4.79 Å². The summed E-state index contributed by atoms with van der Waals surface area (Å²) in [7, 11) is 0. The van der Waals surface area contributed by atoms with E-state index in [1.807, 2.05) is 33.0 Å². The quantitative estimate of drug-likeness (QED) is 0.353. The molecule has 0 spiro atoms. The molecule has 2 unspecified atom stereocenters. The van der Waals surface area contributed by atoms with Crippen molar-refractivity contribution in [1.29, 1.82) is 0 Å². The summed E-state index contributed by atoms with van der Waals surface area (Å²) < 4.78 is 8.10. The predicted molar refractivity (Wildman–Crippen MR) is 137 cm³/mol. The second kappa shape index (κ2) is 9.05. The highest BCUT2D eigenvalue weighted by atomic mass is 16.5. The van der Waals surface area contributed by atoms with E-state index < -0.39 is 0 Å². The van der Waals surface area contributed by atoms with Gasteiger partial charge in [0, 0.05) is 36.0 Å². The second-order valence-electron chi connectivity index (χ2n) is 9.17. The molecule has 0 aliphatic heterocycles. The third-order valence-electron chi connectivity index (χ3n) is 7.12. The molecule has 34 heavy (non-hydrogen) atoms. The number of benzene rings is 2. The molecule has 4 aromatic rings. The molecule has 0 bridgehead atoms. The zero-order valence-electron chi connectivity index (χ0n) is 20.3. The number of hydrogen-bond acceptors (Lipinski definition) is 4. The molecule has 2 atom stereocenters. The molecule has 174 valence electrons. The van der Waals surface area contributed by atoms with Crippen molar-refractivity contribution in [3.63, 3.8) is 0 Å². The first kappa shape index (κ1) is 22.3.